The van der Waals surface area contributed by atoms with Crippen molar-refractivity contribution in [2.24, 2.45) is 0 Å². The number of carbonyl (C=O) groups is 1. The third-order valence-electron chi connectivity index (χ3n) is 3.18. The van der Waals surface area contributed by atoms with Gasteiger partial charge in [0.25, 0.3) is 0 Å². The molecule has 1 aliphatic heterocycles. The van der Waals surface area contributed by atoms with Gasteiger partial charge in [0.15, 0.2) is 11.5 Å². The SMILES string of the molecule is O=C(C=Cc1ccc2c(c1)OCCO2)Nc1ccc(F)cc1F. The fourth-order valence-electron chi connectivity index (χ4n) is 2.10. The molecule has 0 bridgehead atoms. The minimum absolute atomic E-state index is 0.0803. The molecular formula is C17H13F2NO3. The molecule has 6 heteroatoms. The van der Waals surface area contributed by atoms with E-state index in [4.69, 9.17) is 9.47 Å². The van der Waals surface area contributed by atoms with Crippen LogP contribution in [0.1, 0.15) is 5.56 Å². The highest BCUT2D eigenvalue weighted by Gasteiger charge is 2.11. The molecule has 0 atom stereocenters. The monoisotopic (exact) mass is 317 g/mol. The molecule has 1 amide bonds. The predicted molar refractivity (Wildman–Crippen MR) is 81.5 cm³/mol. The average Bonchev–Trinajstić information content (AvgIpc) is 2.55. The highest BCUT2D eigenvalue weighted by Crippen LogP contribution is 2.31. The van der Waals surface area contributed by atoms with Crippen molar-refractivity contribution in [2.45, 2.75) is 0 Å². The van der Waals surface area contributed by atoms with Crippen molar-refractivity contribution >= 4 is 17.7 Å². The molecule has 0 saturated heterocycles. The lowest BCUT2D eigenvalue weighted by molar-refractivity contribution is -0.111. The molecule has 2 aromatic carbocycles. The summed E-state index contributed by atoms with van der Waals surface area (Å²) in [6, 6.07) is 8.22. The Hall–Kier alpha value is -2.89. The van der Waals surface area contributed by atoms with Crippen LogP contribution in [0.5, 0.6) is 11.5 Å². The normalized spacial score (nSPS) is 13.1. The van der Waals surface area contributed by atoms with Crippen LogP contribution in [0, 0.1) is 11.6 Å². The molecule has 3 rings (SSSR count). The summed E-state index contributed by atoms with van der Waals surface area (Å²) in [5.41, 5.74) is 0.659. The van der Waals surface area contributed by atoms with Gasteiger partial charge in [-0.25, -0.2) is 8.78 Å². The van der Waals surface area contributed by atoms with Crippen LogP contribution in [0.15, 0.2) is 42.5 Å². The second kappa shape index (κ2) is 6.48. The highest BCUT2D eigenvalue weighted by atomic mass is 19.1. The van der Waals surface area contributed by atoms with E-state index in [-0.39, 0.29) is 5.69 Å². The number of ether oxygens (including phenoxy) is 2. The zero-order chi connectivity index (χ0) is 16.2. The Morgan fingerprint density at radius 1 is 1.04 bits per heavy atom. The first-order valence-corrected chi connectivity index (χ1v) is 6.95. The van der Waals surface area contributed by atoms with E-state index in [2.05, 4.69) is 5.32 Å². The molecule has 0 aromatic heterocycles. The van der Waals surface area contributed by atoms with Gasteiger partial charge in [-0.05, 0) is 35.9 Å². The standard InChI is InChI=1S/C17H13F2NO3/c18-12-3-4-14(13(19)10-12)20-17(21)6-2-11-1-5-15-16(9-11)23-8-7-22-15/h1-6,9-10H,7-8H2,(H,20,21). The minimum Gasteiger partial charge on any atom is -0.486 e. The molecule has 1 heterocycles. The zero-order valence-corrected chi connectivity index (χ0v) is 12.0. The van der Waals surface area contributed by atoms with Crippen LogP contribution >= 0.6 is 0 Å². The van der Waals surface area contributed by atoms with Crippen LogP contribution in [0.2, 0.25) is 0 Å². The summed E-state index contributed by atoms with van der Waals surface area (Å²) >= 11 is 0. The van der Waals surface area contributed by atoms with Crippen molar-refractivity contribution in [1.29, 1.82) is 0 Å². The number of hydrogen-bond donors (Lipinski definition) is 1. The average molecular weight is 317 g/mol. The van der Waals surface area contributed by atoms with E-state index in [9.17, 15) is 13.6 Å². The van der Waals surface area contributed by atoms with E-state index in [0.29, 0.717) is 30.8 Å². The molecule has 0 spiro atoms. The van der Waals surface area contributed by atoms with Crippen molar-refractivity contribution in [2.75, 3.05) is 18.5 Å². The smallest absolute Gasteiger partial charge is 0.248 e. The van der Waals surface area contributed by atoms with Crippen LogP contribution in [-0.2, 0) is 4.79 Å². The van der Waals surface area contributed by atoms with Gasteiger partial charge < -0.3 is 14.8 Å². The van der Waals surface area contributed by atoms with Crippen LogP contribution in [0.3, 0.4) is 0 Å². The minimum atomic E-state index is -0.828. The van der Waals surface area contributed by atoms with Gasteiger partial charge in [-0.2, -0.15) is 0 Å². The lowest BCUT2D eigenvalue weighted by atomic mass is 10.2. The van der Waals surface area contributed by atoms with Crippen molar-refractivity contribution < 1.29 is 23.0 Å². The third kappa shape index (κ3) is 3.66. The van der Waals surface area contributed by atoms with Gasteiger partial charge in [0.05, 0.1) is 5.69 Å². The molecule has 0 unspecified atom stereocenters. The van der Waals surface area contributed by atoms with Crippen LogP contribution < -0.4 is 14.8 Å². The van der Waals surface area contributed by atoms with Gasteiger partial charge in [-0.1, -0.05) is 6.07 Å². The Bertz CT molecular complexity index is 774. The van der Waals surface area contributed by atoms with Gasteiger partial charge >= 0.3 is 0 Å². The summed E-state index contributed by atoms with van der Waals surface area (Å²) in [4.78, 5) is 11.8. The van der Waals surface area contributed by atoms with Crippen molar-refractivity contribution in [1.82, 2.24) is 0 Å². The fourth-order valence-corrected chi connectivity index (χ4v) is 2.10. The van der Waals surface area contributed by atoms with Crippen LogP contribution in [0.25, 0.3) is 6.08 Å². The summed E-state index contributed by atoms with van der Waals surface area (Å²) in [6.45, 7) is 0.984. The number of amides is 1. The molecule has 1 aliphatic rings. The Kier molecular flexibility index (Phi) is 4.23. The molecule has 118 valence electrons. The van der Waals surface area contributed by atoms with Crippen LogP contribution in [-0.4, -0.2) is 19.1 Å². The molecule has 0 radical (unpaired) electrons. The summed E-state index contributed by atoms with van der Waals surface area (Å²) in [6.07, 6.45) is 2.82. The van der Waals surface area contributed by atoms with E-state index < -0.39 is 17.5 Å². The Morgan fingerprint density at radius 2 is 1.83 bits per heavy atom. The highest BCUT2D eigenvalue weighted by molar-refractivity contribution is 6.02. The predicted octanol–water partition coefficient (Wildman–Crippen LogP) is 3.39. The number of anilines is 1. The van der Waals surface area contributed by atoms with Gasteiger partial charge in [-0.3, -0.25) is 4.79 Å². The van der Waals surface area contributed by atoms with E-state index >= 15 is 0 Å². The Balaban J connectivity index is 1.68. The maximum absolute atomic E-state index is 13.5. The lowest BCUT2D eigenvalue weighted by Crippen LogP contribution is -2.15. The number of fused-ring (bicyclic) bond motifs is 1. The molecular weight excluding hydrogens is 304 g/mol. The van der Waals surface area contributed by atoms with E-state index in [1.54, 1.807) is 24.3 Å². The third-order valence-corrected chi connectivity index (χ3v) is 3.18. The van der Waals surface area contributed by atoms with E-state index in [0.717, 1.165) is 11.6 Å². The van der Waals surface area contributed by atoms with Gasteiger partial charge in [-0.15, -0.1) is 0 Å². The van der Waals surface area contributed by atoms with Gasteiger partial charge in [0.2, 0.25) is 5.91 Å². The molecule has 23 heavy (non-hydrogen) atoms. The number of benzene rings is 2. The topological polar surface area (TPSA) is 47.6 Å². The first kappa shape index (κ1) is 15.0. The lowest BCUT2D eigenvalue weighted by Gasteiger charge is -2.18. The van der Waals surface area contributed by atoms with Gasteiger partial charge in [0, 0.05) is 12.1 Å². The summed E-state index contributed by atoms with van der Waals surface area (Å²) in [7, 11) is 0. The molecule has 0 aliphatic carbocycles. The molecule has 2 aromatic rings. The second-order valence-corrected chi connectivity index (χ2v) is 4.85. The first-order valence-electron chi connectivity index (χ1n) is 6.95. The number of rotatable bonds is 3. The zero-order valence-electron chi connectivity index (χ0n) is 12.0. The quantitative estimate of drug-likeness (QED) is 0.883. The second-order valence-electron chi connectivity index (χ2n) is 4.85. The van der Waals surface area contributed by atoms with E-state index in [1.165, 1.54) is 12.1 Å². The van der Waals surface area contributed by atoms with Crippen molar-refractivity contribution in [3.63, 3.8) is 0 Å². The summed E-state index contributed by atoms with van der Waals surface area (Å²) < 4.78 is 37.1. The summed E-state index contributed by atoms with van der Waals surface area (Å²) in [5.74, 6) is -0.779. The first-order chi connectivity index (χ1) is 11.1. The number of nitrogens with one attached hydrogen (secondary N) is 1. The number of halogens is 2. The Morgan fingerprint density at radius 3 is 2.61 bits per heavy atom. The van der Waals surface area contributed by atoms with Crippen molar-refractivity contribution in [3.05, 3.63) is 59.7 Å². The number of carbonyl (C=O) groups excluding carboxylic acids is 1. The molecule has 1 N–H and O–H groups in total. The largest absolute Gasteiger partial charge is 0.486 e. The molecule has 4 nitrogen and oxygen atoms in total. The van der Waals surface area contributed by atoms with Gasteiger partial charge in [0.1, 0.15) is 24.8 Å². The van der Waals surface area contributed by atoms with E-state index in [1.807, 2.05) is 0 Å². The maximum atomic E-state index is 13.5. The van der Waals surface area contributed by atoms with Crippen molar-refractivity contribution in [3.8, 4) is 11.5 Å². The number of hydrogen-bond acceptors (Lipinski definition) is 3. The van der Waals surface area contributed by atoms with Crippen LogP contribution in [0.4, 0.5) is 14.5 Å². The molecule has 0 fully saturated rings. The fraction of sp³-hybridized carbons (Fsp3) is 0.118. The maximum Gasteiger partial charge on any atom is 0.248 e. The summed E-state index contributed by atoms with van der Waals surface area (Å²) in [5, 5.41) is 2.35. The Labute approximate surface area is 131 Å². The molecule has 0 saturated carbocycles.